The van der Waals surface area contributed by atoms with Gasteiger partial charge in [0.05, 0.1) is 17.8 Å². The molecule has 126 valence electrons. The fourth-order valence-electron chi connectivity index (χ4n) is 2.32. The van der Waals surface area contributed by atoms with Crippen LogP contribution in [0.25, 0.3) is 0 Å². The number of nitrogens with one attached hydrogen (secondary N) is 1. The Bertz CT molecular complexity index is 853. The normalized spacial score (nSPS) is 10.3. The molecule has 1 aromatic heterocycles. The third kappa shape index (κ3) is 4.67. The first kappa shape index (κ1) is 17.2. The van der Waals surface area contributed by atoms with Gasteiger partial charge in [-0.3, -0.25) is 9.78 Å². The number of carbonyl (C=O) groups excluding carboxylic acids is 1. The predicted molar refractivity (Wildman–Crippen MR) is 100 cm³/mol. The van der Waals surface area contributed by atoms with Crippen LogP contribution in [0.5, 0.6) is 5.75 Å². The molecular weight excluding hydrogens is 380 g/mol. The highest BCUT2D eigenvalue weighted by atomic mass is 79.9. The van der Waals surface area contributed by atoms with Crippen LogP contribution in [0.2, 0.25) is 0 Å². The number of pyridine rings is 1. The number of amides is 1. The Labute approximate surface area is 155 Å². The summed E-state index contributed by atoms with van der Waals surface area (Å²) in [6.07, 6.45) is 1.70. The zero-order valence-electron chi connectivity index (χ0n) is 13.5. The van der Waals surface area contributed by atoms with E-state index in [1.807, 2.05) is 54.6 Å². The molecule has 2 aromatic carbocycles. The highest BCUT2D eigenvalue weighted by Gasteiger charge is 2.12. The van der Waals surface area contributed by atoms with E-state index < -0.39 is 0 Å². The molecule has 5 heteroatoms. The number of aromatic nitrogens is 1. The Morgan fingerprint density at radius 1 is 1.00 bits per heavy atom. The van der Waals surface area contributed by atoms with Crippen molar-refractivity contribution in [2.75, 3.05) is 0 Å². The second-order valence-electron chi connectivity index (χ2n) is 5.38. The van der Waals surface area contributed by atoms with Crippen molar-refractivity contribution in [2.24, 2.45) is 0 Å². The van der Waals surface area contributed by atoms with Gasteiger partial charge in [0.15, 0.2) is 0 Å². The summed E-state index contributed by atoms with van der Waals surface area (Å²) in [5, 5.41) is 2.87. The van der Waals surface area contributed by atoms with E-state index in [9.17, 15) is 4.79 Å². The van der Waals surface area contributed by atoms with Crippen LogP contribution in [0.1, 0.15) is 21.6 Å². The minimum absolute atomic E-state index is 0.187. The molecular formula is C20H17BrN2O2. The molecule has 3 aromatic rings. The van der Waals surface area contributed by atoms with Gasteiger partial charge in [0.2, 0.25) is 0 Å². The summed E-state index contributed by atoms with van der Waals surface area (Å²) in [6, 6.07) is 20.7. The number of benzene rings is 2. The van der Waals surface area contributed by atoms with Gasteiger partial charge in [-0.1, -0.05) is 52.3 Å². The average molecular weight is 397 g/mol. The van der Waals surface area contributed by atoms with E-state index in [0.29, 0.717) is 24.5 Å². The van der Waals surface area contributed by atoms with Crippen LogP contribution in [0.15, 0.2) is 77.4 Å². The molecule has 1 heterocycles. The van der Waals surface area contributed by atoms with E-state index in [0.717, 1.165) is 15.7 Å². The lowest BCUT2D eigenvalue weighted by molar-refractivity contribution is 0.0946. The van der Waals surface area contributed by atoms with Crippen molar-refractivity contribution in [3.63, 3.8) is 0 Å². The van der Waals surface area contributed by atoms with Crippen LogP contribution in [-0.2, 0) is 13.2 Å². The summed E-state index contributed by atoms with van der Waals surface area (Å²) < 4.78 is 6.85. The van der Waals surface area contributed by atoms with Gasteiger partial charge in [0.1, 0.15) is 12.4 Å². The van der Waals surface area contributed by atoms with Crippen LogP contribution >= 0.6 is 15.9 Å². The average Bonchev–Trinajstić information content (AvgIpc) is 2.66. The van der Waals surface area contributed by atoms with Gasteiger partial charge in [0.25, 0.3) is 5.91 Å². The molecule has 1 N–H and O–H groups in total. The van der Waals surface area contributed by atoms with E-state index in [-0.39, 0.29) is 5.91 Å². The molecule has 0 bridgehead atoms. The largest absolute Gasteiger partial charge is 0.488 e. The molecule has 0 saturated carbocycles. The van der Waals surface area contributed by atoms with Crippen molar-refractivity contribution < 1.29 is 9.53 Å². The highest BCUT2D eigenvalue weighted by molar-refractivity contribution is 9.10. The van der Waals surface area contributed by atoms with E-state index in [2.05, 4.69) is 26.2 Å². The third-order valence-corrected chi connectivity index (χ3v) is 4.40. The number of carbonyl (C=O) groups is 1. The zero-order chi connectivity index (χ0) is 17.5. The van der Waals surface area contributed by atoms with Crippen molar-refractivity contribution >= 4 is 21.8 Å². The molecule has 0 unspecified atom stereocenters. The number of hydrogen-bond donors (Lipinski definition) is 1. The monoisotopic (exact) mass is 396 g/mol. The minimum atomic E-state index is -0.187. The Balaban J connectivity index is 1.68. The summed E-state index contributed by atoms with van der Waals surface area (Å²) in [5.41, 5.74) is 2.33. The van der Waals surface area contributed by atoms with Crippen molar-refractivity contribution in [3.8, 4) is 5.75 Å². The second-order valence-corrected chi connectivity index (χ2v) is 6.23. The lowest BCUT2D eigenvalue weighted by Gasteiger charge is -2.12. The van der Waals surface area contributed by atoms with Gasteiger partial charge in [-0.2, -0.15) is 0 Å². The molecule has 3 rings (SSSR count). The molecule has 0 aliphatic carbocycles. The first-order chi connectivity index (χ1) is 12.2. The van der Waals surface area contributed by atoms with Crippen molar-refractivity contribution in [2.45, 2.75) is 13.2 Å². The Morgan fingerprint density at radius 2 is 1.76 bits per heavy atom. The summed E-state index contributed by atoms with van der Waals surface area (Å²) in [6.45, 7) is 0.754. The number of ether oxygens (including phenoxy) is 1. The fraction of sp³-hybridized carbons (Fsp3) is 0.100. The molecule has 0 aliphatic rings. The number of hydrogen-bond acceptors (Lipinski definition) is 3. The first-order valence-corrected chi connectivity index (χ1v) is 8.66. The third-order valence-electron chi connectivity index (χ3n) is 3.63. The van der Waals surface area contributed by atoms with Crippen molar-refractivity contribution in [3.05, 3.63) is 94.2 Å². The quantitative estimate of drug-likeness (QED) is 0.673. The smallest absolute Gasteiger partial charge is 0.255 e. The molecule has 4 nitrogen and oxygen atoms in total. The number of halogens is 1. The molecule has 0 atom stereocenters. The Kier molecular flexibility index (Phi) is 5.80. The topological polar surface area (TPSA) is 51.2 Å². The maximum absolute atomic E-state index is 12.5. The number of nitrogens with zero attached hydrogens (tertiary/aromatic N) is 1. The van der Waals surface area contributed by atoms with Crippen molar-refractivity contribution in [1.82, 2.24) is 10.3 Å². The standard InChI is InChI=1S/C20H17BrN2O2/c21-18-10-3-1-7-15(18)14-25-19-11-4-2-9-17(19)20(24)23-13-16-8-5-6-12-22-16/h1-12H,13-14H2,(H,23,24). The van der Waals surface area contributed by atoms with Gasteiger partial charge in [0, 0.05) is 16.2 Å². The second kappa shape index (κ2) is 8.44. The predicted octanol–water partition coefficient (Wildman–Crippen LogP) is 4.35. The molecule has 0 spiro atoms. The van der Waals surface area contributed by atoms with E-state index >= 15 is 0 Å². The zero-order valence-corrected chi connectivity index (χ0v) is 15.1. The summed E-state index contributed by atoms with van der Waals surface area (Å²) in [4.78, 5) is 16.7. The Hall–Kier alpha value is -2.66. The van der Waals surface area contributed by atoms with Crippen LogP contribution in [-0.4, -0.2) is 10.9 Å². The summed E-state index contributed by atoms with van der Waals surface area (Å²) in [5.74, 6) is 0.366. The summed E-state index contributed by atoms with van der Waals surface area (Å²) in [7, 11) is 0. The first-order valence-electron chi connectivity index (χ1n) is 7.87. The highest BCUT2D eigenvalue weighted by Crippen LogP contribution is 2.22. The van der Waals surface area contributed by atoms with Crippen LogP contribution in [0.4, 0.5) is 0 Å². The van der Waals surface area contributed by atoms with Gasteiger partial charge in [-0.25, -0.2) is 0 Å². The molecule has 25 heavy (non-hydrogen) atoms. The molecule has 0 fully saturated rings. The van der Waals surface area contributed by atoms with E-state index in [1.54, 1.807) is 18.3 Å². The molecule has 1 amide bonds. The maximum Gasteiger partial charge on any atom is 0.255 e. The lowest BCUT2D eigenvalue weighted by Crippen LogP contribution is -2.23. The van der Waals surface area contributed by atoms with E-state index in [1.165, 1.54) is 0 Å². The SMILES string of the molecule is O=C(NCc1ccccn1)c1ccccc1OCc1ccccc1Br. The molecule has 0 radical (unpaired) electrons. The van der Waals surface area contributed by atoms with Gasteiger partial charge < -0.3 is 10.1 Å². The molecule has 0 saturated heterocycles. The minimum Gasteiger partial charge on any atom is -0.488 e. The van der Waals surface area contributed by atoms with Gasteiger partial charge >= 0.3 is 0 Å². The van der Waals surface area contributed by atoms with Gasteiger partial charge in [-0.05, 0) is 30.3 Å². The van der Waals surface area contributed by atoms with Crippen LogP contribution in [0, 0.1) is 0 Å². The number of rotatable bonds is 6. The van der Waals surface area contributed by atoms with Gasteiger partial charge in [-0.15, -0.1) is 0 Å². The molecule has 0 aliphatic heterocycles. The Morgan fingerprint density at radius 3 is 2.56 bits per heavy atom. The summed E-state index contributed by atoms with van der Waals surface area (Å²) >= 11 is 3.50. The fourth-order valence-corrected chi connectivity index (χ4v) is 2.72. The van der Waals surface area contributed by atoms with Crippen LogP contribution in [0.3, 0.4) is 0 Å². The van der Waals surface area contributed by atoms with Crippen LogP contribution < -0.4 is 10.1 Å². The number of para-hydroxylation sites is 1. The van der Waals surface area contributed by atoms with Crippen molar-refractivity contribution in [1.29, 1.82) is 0 Å². The van der Waals surface area contributed by atoms with E-state index in [4.69, 9.17) is 4.74 Å². The lowest BCUT2D eigenvalue weighted by atomic mass is 10.2. The maximum atomic E-state index is 12.5.